The van der Waals surface area contributed by atoms with Crippen molar-refractivity contribution >= 4 is 12.0 Å². The van der Waals surface area contributed by atoms with Crippen LogP contribution in [0.25, 0.3) is 0 Å². The van der Waals surface area contributed by atoms with Gasteiger partial charge in [-0.25, -0.2) is 4.79 Å². The summed E-state index contributed by atoms with van der Waals surface area (Å²) >= 11 is 0. The third-order valence-corrected chi connectivity index (χ3v) is 3.27. The number of nitrogens with one attached hydrogen (secondary N) is 1. The van der Waals surface area contributed by atoms with Crippen LogP contribution in [0, 0.1) is 0 Å². The Kier molecular flexibility index (Phi) is 4.16. The Labute approximate surface area is 124 Å². The van der Waals surface area contributed by atoms with Crippen LogP contribution in [-0.4, -0.2) is 40.6 Å². The zero-order valence-corrected chi connectivity index (χ0v) is 12.8. The van der Waals surface area contributed by atoms with Crippen molar-refractivity contribution in [1.29, 1.82) is 0 Å². The van der Waals surface area contributed by atoms with Gasteiger partial charge in [0.2, 0.25) is 5.91 Å². The van der Waals surface area contributed by atoms with Gasteiger partial charge in [-0.2, -0.15) is 0 Å². The molecule has 1 aliphatic heterocycles. The molecule has 1 aromatic heterocycles. The molecular weight excluding hydrogens is 270 g/mol. The van der Waals surface area contributed by atoms with E-state index in [0.717, 1.165) is 11.3 Å². The van der Waals surface area contributed by atoms with Crippen LogP contribution >= 0.6 is 0 Å². The zero-order chi connectivity index (χ0) is 15.6. The first-order valence-corrected chi connectivity index (χ1v) is 6.96. The van der Waals surface area contributed by atoms with Gasteiger partial charge < -0.3 is 10.1 Å². The van der Waals surface area contributed by atoms with Gasteiger partial charge in [0, 0.05) is 19.7 Å². The molecule has 0 radical (unpaired) electrons. The number of hydrogen-bond acceptors (Lipinski definition) is 4. The first-order valence-electron chi connectivity index (χ1n) is 6.96. The molecule has 0 bridgehead atoms. The highest BCUT2D eigenvalue weighted by atomic mass is 16.6. The van der Waals surface area contributed by atoms with E-state index in [-0.39, 0.29) is 12.5 Å². The maximum atomic E-state index is 12.4. The summed E-state index contributed by atoms with van der Waals surface area (Å²) < 4.78 is 5.40. The highest BCUT2D eigenvalue weighted by Crippen LogP contribution is 2.24. The third-order valence-electron chi connectivity index (χ3n) is 3.27. The number of likely N-dealkylation sites (N-methyl/N-ethyl adjacent to an activating group) is 1. The second kappa shape index (κ2) is 5.71. The molecule has 1 aliphatic rings. The second-order valence-corrected chi connectivity index (χ2v) is 6.05. The average molecular weight is 291 g/mol. The predicted molar refractivity (Wildman–Crippen MR) is 77.6 cm³/mol. The molecule has 0 aliphatic carbocycles. The minimum absolute atomic E-state index is 0.199. The van der Waals surface area contributed by atoms with Crippen molar-refractivity contribution in [2.24, 2.45) is 0 Å². The number of fused-ring (bicyclic) bond motifs is 1. The molecule has 2 rings (SSSR count). The van der Waals surface area contributed by atoms with Gasteiger partial charge in [0.25, 0.3) is 0 Å². The van der Waals surface area contributed by atoms with Crippen molar-refractivity contribution < 1.29 is 14.3 Å². The fourth-order valence-corrected chi connectivity index (χ4v) is 2.30. The van der Waals surface area contributed by atoms with E-state index in [0.29, 0.717) is 6.42 Å². The minimum atomic E-state index is -0.602. The topological polar surface area (TPSA) is 71.5 Å². The number of pyridine rings is 1. The normalized spacial score (nSPS) is 17.9. The summed E-state index contributed by atoms with van der Waals surface area (Å²) in [5.74, 6) is -0.199. The van der Waals surface area contributed by atoms with Crippen LogP contribution in [0.3, 0.4) is 0 Å². The van der Waals surface area contributed by atoms with E-state index in [1.165, 1.54) is 4.90 Å². The van der Waals surface area contributed by atoms with Crippen molar-refractivity contribution in [3.8, 4) is 0 Å². The Balaban J connectivity index is 2.28. The van der Waals surface area contributed by atoms with Crippen molar-refractivity contribution in [3.63, 3.8) is 0 Å². The van der Waals surface area contributed by atoms with Crippen LogP contribution < -0.4 is 5.32 Å². The Morgan fingerprint density at radius 3 is 2.76 bits per heavy atom. The van der Waals surface area contributed by atoms with Crippen molar-refractivity contribution in [3.05, 3.63) is 29.6 Å². The summed E-state index contributed by atoms with van der Waals surface area (Å²) in [5, 5.41) is 2.60. The molecule has 2 heterocycles. The van der Waals surface area contributed by atoms with E-state index in [1.807, 2.05) is 12.1 Å². The Bertz CT molecular complexity index is 551. The summed E-state index contributed by atoms with van der Waals surface area (Å²) in [5.41, 5.74) is 1.20. The first kappa shape index (κ1) is 15.3. The molecule has 1 atom stereocenters. The van der Waals surface area contributed by atoms with Crippen LogP contribution in [0.4, 0.5) is 4.79 Å². The van der Waals surface area contributed by atoms with Crippen LogP contribution in [0.5, 0.6) is 0 Å². The van der Waals surface area contributed by atoms with Crippen LogP contribution in [0.2, 0.25) is 0 Å². The molecule has 0 saturated heterocycles. The highest BCUT2D eigenvalue weighted by Gasteiger charge is 2.36. The number of carbonyl (C=O) groups excluding carboxylic acids is 2. The van der Waals surface area contributed by atoms with Crippen LogP contribution in [-0.2, 0) is 22.5 Å². The first-order chi connectivity index (χ1) is 9.81. The van der Waals surface area contributed by atoms with E-state index in [2.05, 4.69) is 10.3 Å². The van der Waals surface area contributed by atoms with E-state index >= 15 is 0 Å². The van der Waals surface area contributed by atoms with Gasteiger partial charge in [-0.3, -0.25) is 14.7 Å². The fourth-order valence-electron chi connectivity index (χ4n) is 2.30. The Morgan fingerprint density at radius 1 is 1.43 bits per heavy atom. The van der Waals surface area contributed by atoms with Crippen LogP contribution in [0.15, 0.2) is 18.3 Å². The number of carbonyl (C=O) groups is 2. The SMILES string of the molecule is CNC(=O)C1Cc2cccnc2CN1C(=O)OC(C)(C)C. The maximum Gasteiger partial charge on any atom is 0.411 e. The molecular formula is C15H21N3O3. The summed E-state index contributed by atoms with van der Waals surface area (Å²) in [6.07, 6.45) is 1.64. The monoisotopic (exact) mass is 291 g/mol. The summed E-state index contributed by atoms with van der Waals surface area (Å²) in [6, 6.07) is 3.20. The number of aromatic nitrogens is 1. The van der Waals surface area contributed by atoms with Gasteiger partial charge in [0.15, 0.2) is 0 Å². The summed E-state index contributed by atoms with van der Waals surface area (Å²) in [7, 11) is 1.56. The lowest BCUT2D eigenvalue weighted by Crippen LogP contribution is -2.53. The Hall–Kier alpha value is -2.11. The van der Waals surface area contributed by atoms with Gasteiger partial charge in [0.1, 0.15) is 11.6 Å². The van der Waals surface area contributed by atoms with Crippen LogP contribution in [0.1, 0.15) is 32.0 Å². The maximum absolute atomic E-state index is 12.4. The molecule has 114 valence electrons. The quantitative estimate of drug-likeness (QED) is 0.851. The molecule has 0 aromatic carbocycles. The van der Waals surface area contributed by atoms with Crippen molar-refractivity contribution in [2.75, 3.05) is 7.05 Å². The van der Waals surface area contributed by atoms with Gasteiger partial charge in [0.05, 0.1) is 12.2 Å². The second-order valence-electron chi connectivity index (χ2n) is 6.05. The molecule has 1 aromatic rings. The van der Waals surface area contributed by atoms with Gasteiger partial charge >= 0.3 is 6.09 Å². The molecule has 6 heteroatoms. The number of ether oxygens (including phenoxy) is 1. The molecule has 0 spiro atoms. The van der Waals surface area contributed by atoms with E-state index in [4.69, 9.17) is 4.74 Å². The van der Waals surface area contributed by atoms with Gasteiger partial charge in [-0.05, 0) is 32.4 Å². The number of amides is 2. The molecule has 1 unspecified atom stereocenters. The molecule has 1 N–H and O–H groups in total. The van der Waals surface area contributed by atoms with E-state index < -0.39 is 17.7 Å². The average Bonchev–Trinajstić information content (AvgIpc) is 2.43. The molecule has 0 fully saturated rings. The largest absolute Gasteiger partial charge is 0.444 e. The van der Waals surface area contributed by atoms with E-state index in [9.17, 15) is 9.59 Å². The summed E-state index contributed by atoms with van der Waals surface area (Å²) in [4.78, 5) is 30.2. The van der Waals surface area contributed by atoms with Gasteiger partial charge in [-0.15, -0.1) is 0 Å². The summed E-state index contributed by atoms with van der Waals surface area (Å²) in [6.45, 7) is 5.69. The molecule has 2 amide bonds. The zero-order valence-electron chi connectivity index (χ0n) is 12.8. The lowest BCUT2D eigenvalue weighted by molar-refractivity contribution is -0.126. The van der Waals surface area contributed by atoms with Gasteiger partial charge in [-0.1, -0.05) is 6.07 Å². The lowest BCUT2D eigenvalue weighted by Gasteiger charge is -2.36. The number of hydrogen-bond donors (Lipinski definition) is 1. The smallest absolute Gasteiger partial charge is 0.411 e. The number of nitrogens with zero attached hydrogens (tertiary/aromatic N) is 2. The highest BCUT2D eigenvalue weighted by molar-refractivity contribution is 5.86. The minimum Gasteiger partial charge on any atom is -0.444 e. The van der Waals surface area contributed by atoms with Crippen molar-refractivity contribution in [1.82, 2.24) is 15.2 Å². The standard InChI is InChI=1S/C15H21N3O3/c1-15(2,3)21-14(20)18-9-11-10(6-5-7-17-11)8-12(18)13(19)16-4/h5-7,12H,8-9H2,1-4H3,(H,16,19). The third kappa shape index (κ3) is 3.51. The molecule has 0 saturated carbocycles. The number of rotatable bonds is 1. The lowest BCUT2D eigenvalue weighted by atomic mass is 9.97. The Morgan fingerprint density at radius 2 is 2.14 bits per heavy atom. The fraction of sp³-hybridized carbons (Fsp3) is 0.533. The predicted octanol–water partition coefficient (Wildman–Crippen LogP) is 1.49. The van der Waals surface area contributed by atoms with Crippen molar-refractivity contribution in [2.45, 2.75) is 45.4 Å². The van der Waals surface area contributed by atoms with E-state index in [1.54, 1.807) is 34.0 Å². The molecule has 21 heavy (non-hydrogen) atoms. The molecule has 6 nitrogen and oxygen atoms in total.